The van der Waals surface area contributed by atoms with Crippen molar-refractivity contribution in [1.82, 2.24) is 25.5 Å². The van der Waals surface area contributed by atoms with Crippen LogP contribution in [0.2, 0.25) is 0 Å². The highest BCUT2D eigenvalue weighted by molar-refractivity contribution is 5.72. The van der Waals surface area contributed by atoms with Crippen molar-refractivity contribution in [3.63, 3.8) is 0 Å². The Morgan fingerprint density at radius 3 is 2.71 bits per heavy atom. The molecule has 1 N–H and O–H groups in total. The SMILES string of the molecule is CC(=O)NCc1nnnn1-c1ccc(C)cc1. The quantitative estimate of drug-likeness (QED) is 0.839. The number of amides is 1. The number of benzene rings is 1. The highest BCUT2D eigenvalue weighted by Crippen LogP contribution is 2.09. The number of carbonyl (C=O) groups is 1. The van der Waals surface area contributed by atoms with Crippen molar-refractivity contribution < 1.29 is 4.79 Å². The number of aryl methyl sites for hydroxylation is 1. The molecule has 0 aliphatic carbocycles. The molecule has 1 amide bonds. The van der Waals surface area contributed by atoms with Gasteiger partial charge in [-0.05, 0) is 29.5 Å². The fourth-order valence-corrected chi connectivity index (χ4v) is 1.41. The molecule has 0 unspecified atom stereocenters. The zero-order valence-electron chi connectivity index (χ0n) is 9.71. The van der Waals surface area contributed by atoms with E-state index >= 15 is 0 Å². The largest absolute Gasteiger partial charge is 0.349 e. The second kappa shape index (κ2) is 4.73. The average molecular weight is 231 g/mol. The Balaban J connectivity index is 2.24. The fraction of sp³-hybridized carbons (Fsp3) is 0.273. The lowest BCUT2D eigenvalue weighted by molar-refractivity contribution is -0.119. The lowest BCUT2D eigenvalue weighted by atomic mass is 10.2. The molecule has 0 atom stereocenters. The van der Waals surface area contributed by atoms with Crippen LogP contribution in [0.15, 0.2) is 24.3 Å². The molecule has 17 heavy (non-hydrogen) atoms. The number of nitrogens with one attached hydrogen (secondary N) is 1. The van der Waals surface area contributed by atoms with Crippen LogP contribution in [-0.4, -0.2) is 26.1 Å². The van der Waals surface area contributed by atoms with Crippen molar-refractivity contribution in [1.29, 1.82) is 0 Å². The summed E-state index contributed by atoms with van der Waals surface area (Å²) < 4.78 is 1.61. The minimum absolute atomic E-state index is 0.108. The van der Waals surface area contributed by atoms with Crippen molar-refractivity contribution in [3.8, 4) is 5.69 Å². The third-order valence-electron chi connectivity index (χ3n) is 2.31. The first-order valence-electron chi connectivity index (χ1n) is 5.25. The molecule has 0 fully saturated rings. The summed E-state index contributed by atoms with van der Waals surface area (Å²) in [7, 11) is 0. The van der Waals surface area contributed by atoms with Gasteiger partial charge in [0, 0.05) is 6.92 Å². The number of hydrogen-bond donors (Lipinski definition) is 1. The Labute approximate surface area is 98.6 Å². The summed E-state index contributed by atoms with van der Waals surface area (Å²) in [5.41, 5.74) is 2.05. The standard InChI is InChI=1S/C11H13N5O/c1-8-3-5-10(6-4-8)16-11(13-14-15-16)7-12-9(2)17/h3-6H,7H2,1-2H3,(H,12,17). The predicted molar refractivity (Wildman–Crippen MR) is 61.4 cm³/mol. The number of tetrazole rings is 1. The first-order valence-corrected chi connectivity index (χ1v) is 5.25. The van der Waals surface area contributed by atoms with Gasteiger partial charge in [-0.2, -0.15) is 4.68 Å². The molecule has 0 aliphatic rings. The van der Waals surface area contributed by atoms with Gasteiger partial charge in [-0.3, -0.25) is 4.79 Å². The van der Waals surface area contributed by atoms with Crippen molar-refractivity contribution in [2.24, 2.45) is 0 Å². The van der Waals surface area contributed by atoms with E-state index in [0.29, 0.717) is 12.4 Å². The van der Waals surface area contributed by atoms with Crippen LogP contribution in [0.5, 0.6) is 0 Å². The van der Waals surface area contributed by atoms with Gasteiger partial charge in [0.05, 0.1) is 12.2 Å². The number of hydrogen-bond acceptors (Lipinski definition) is 4. The molecule has 2 rings (SSSR count). The van der Waals surface area contributed by atoms with Crippen LogP contribution in [-0.2, 0) is 11.3 Å². The van der Waals surface area contributed by atoms with Gasteiger partial charge < -0.3 is 5.32 Å². The van der Waals surface area contributed by atoms with Crippen LogP contribution in [0.3, 0.4) is 0 Å². The van der Waals surface area contributed by atoms with E-state index in [9.17, 15) is 4.79 Å². The molecule has 0 bridgehead atoms. The first kappa shape index (κ1) is 11.3. The molecule has 1 aromatic carbocycles. The third kappa shape index (κ3) is 2.66. The molecular weight excluding hydrogens is 218 g/mol. The Hall–Kier alpha value is -2.24. The van der Waals surface area contributed by atoms with Crippen molar-refractivity contribution in [2.45, 2.75) is 20.4 Å². The number of aromatic nitrogens is 4. The molecule has 0 radical (unpaired) electrons. The summed E-state index contributed by atoms with van der Waals surface area (Å²) in [6.07, 6.45) is 0. The van der Waals surface area contributed by atoms with Crippen LogP contribution >= 0.6 is 0 Å². The monoisotopic (exact) mass is 231 g/mol. The third-order valence-corrected chi connectivity index (χ3v) is 2.31. The molecule has 0 saturated carbocycles. The lowest BCUT2D eigenvalue weighted by Crippen LogP contribution is -2.21. The molecule has 1 aromatic heterocycles. The van der Waals surface area contributed by atoms with Gasteiger partial charge in [-0.15, -0.1) is 5.10 Å². The summed E-state index contributed by atoms with van der Waals surface area (Å²) in [6, 6.07) is 7.84. The van der Waals surface area contributed by atoms with Gasteiger partial charge in [0.25, 0.3) is 0 Å². The predicted octanol–water partition coefficient (Wildman–Crippen LogP) is 0.607. The summed E-state index contributed by atoms with van der Waals surface area (Å²) in [4.78, 5) is 10.8. The molecule has 2 aromatic rings. The Morgan fingerprint density at radius 2 is 2.06 bits per heavy atom. The molecule has 6 nitrogen and oxygen atoms in total. The minimum Gasteiger partial charge on any atom is -0.349 e. The van der Waals surface area contributed by atoms with Crippen molar-refractivity contribution in [2.75, 3.05) is 0 Å². The van der Waals surface area contributed by atoms with Crippen LogP contribution in [0.1, 0.15) is 18.3 Å². The Kier molecular flexibility index (Phi) is 3.13. The summed E-state index contributed by atoms with van der Waals surface area (Å²) in [5.74, 6) is 0.493. The van der Waals surface area contributed by atoms with E-state index < -0.39 is 0 Å². The average Bonchev–Trinajstić information content (AvgIpc) is 2.75. The van der Waals surface area contributed by atoms with Gasteiger partial charge in [0.1, 0.15) is 0 Å². The van der Waals surface area contributed by atoms with E-state index in [1.807, 2.05) is 31.2 Å². The summed E-state index contributed by atoms with van der Waals surface area (Å²) in [6.45, 7) is 3.79. The maximum atomic E-state index is 10.8. The van der Waals surface area contributed by atoms with Crippen molar-refractivity contribution >= 4 is 5.91 Å². The number of carbonyl (C=O) groups excluding carboxylic acids is 1. The molecule has 6 heteroatoms. The molecule has 0 spiro atoms. The zero-order valence-corrected chi connectivity index (χ0v) is 9.71. The molecule has 0 saturated heterocycles. The first-order chi connectivity index (χ1) is 8.16. The van der Waals surface area contributed by atoms with Crippen molar-refractivity contribution in [3.05, 3.63) is 35.7 Å². The topological polar surface area (TPSA) is 72.7 Å². The fourth-order valence-electron chi connectivity index (χ4n) is 1.41. The molecule has 0 aliphatic heterocycles. The molecule has 1 heterocycles. The molecule has 88 valence electrons. The van der Waals surface area contributed by atoms with Gasteiger partial charge in [0.15, 0.2) is 5.82 Å². The van der Waals surface area contributed by atoms with Crippen LogP contribution < -0.4 is 5.32 Å². The maximum Gasteiger partial charge on any atom is 0.217 e. The van der Waals surface area contributed by atoms with E-state index in [1.165, 1.54) is 12.5 Å². The number of nitrogens with zero attached hydrogens (tertiary/aromatic N) is 4. The Morgan fingerprint density at radius 1 is 1.35 bits per heavy atom. The van der Waals surface area contributed by atoms with E-state index in [1.54, 1.807) is 4.68 Å². The van der Waals surface area contributed by atoms with Gasteiger partial charge in [-0.1, -0.05) is 17.7 Å². The smallest absolute Gasteiger partial charge is 0.217 e. The summed E-state index contributed by atoms with van der Waals surface area (Å²) >= 11 is 0. The highest BCUT2D eigenvalue weighted by Gasteiger charge is 2.07. The Bertz CT molecular complexity index is 517. The highest BCUT2D eigenvalue weighted by atomic mass is 16.1. The van der Waals surface area contributed by atoms with E-state index in [2.05, 4.69) is 20.8 Å². The van der Waals surface area contributed by atoms with Gasteiger partial charge in [0.2, 0.25) is 5.91 Å². The van der Waals surface area contributed by atoms with E-state index in [0.717, 1.165) is 5.69 Å². The van der Waals surface area contributed by atoms with Crippen LogP contribution in [0.4, 0.5) is 0 Å². The van der Waals surface area contributed by atoms with Crippen LogP contribution in [0, 0.1) is 6.92 Å². The number of rotatable bonds is 3. The lowest BCUT2D eigenvalue weighted by Gasteiger charge is -2.05. The molecular formula is C11H13N5O. The second-order valence-corrected chi connectivity index (χ2v) is 3.75. The maximum absolute atomic E-state index is 10.8. The van der Waals surface area contributed by atoms with Gasteiger partial charge in [-0.25, -0.2) is 0 Å². The second-order valence-electron chi connectivity index (χ2n) is 3.75. The summed E-state index contributed by atoms with van der Waals surface area (Å²) in [5, 5.41) is 14.1. The van der Waals surface area contributed by atoms with E-state index in [4.69, 9.17) is 0 Å². The van der Waals surface area contributed by atoms with Crippen LogP contribution in [0.25, 0.3) is 5.69 Å². The normalized spacial score (nSPS) is 10.2. The van der Waals surface area contributed by atoms with E-state index in [-0.39, 0.29) is 5.91 Å². The van der Waals surface area contributed by atoms with Gasteiger partial charge >= 0.3 is 0 Å². The minimum atomic E-state index is -0.108. The zero-order chi connectivity index (χ0) is 12.3.